The van der Waals surface area contributed by atoms with Crippen LogP contribution in [0.1, 0.15) is 72.7 Å². The van der Waals surface area contributed by atoms with Gasteiger partial charge in [-0.1, -0.05) is 94.4 Å². The monoisotopic (exact) mass is 517 g/mol. The zero-order valence-electron chi connectivity index (χ0n) is 30.5. The van der Waals surface area contributed by atoms with Gasteiger partial charge in [-0.3, -0.25) is 4.98 Å². The van der Waals surface area contributed by atoms with E-state index in [0.717, 1.165) is 21.9 Å². The Morgan fingerprint density at radius 1 is 0.718 bits per heavy atom. The third kappa shape index (κ3) is 4.44. The van der Waals surface area contributed by atoms with Crippen molar-refractivity contribution in [2.45, 2.75) is 53.2 Å². The molecule has 0 saturated carbocycles. The van der Waals surface area contributed by atoms with Crippen molar-refractivity contribution in [1.29, 1.82) is 0 Å². The van der Waals surface area contributed by atoms with E-state index in [0.29, 0.717) is 44.7 Å². The third-order valence-electron chi connectivity index (χ3n) is 7.27. The lowest BCUT2D eigenvalue weighted by molar-refractivity contribution is 0.669. The molecule has 0 N–H and O–H groups in total. The molecule has 0 atom stereocenters. The van der Waals surface area contributed by atoms with Gasteiger partial charge in [0.1, 0.15) is 11.2 Å². The van der Waals surface area contributed by atoms with E-state index in [9.17, 15) is 2.74 Å². The highest BCUT2D eigenvalue weighted by atomic mass is 16.3. The summed E-state index contributed by atoms with van der Waals surface area (Å²) in [5, 5.41) is 1.52. The normalized spacial score (nSPS) is 16.0. The Labute approximate surface area is 242 Å². The Kier molecular flexibility index (Phi) is 4.40. The number of benzene rings is 4. The maximum atomic E-state index is 9.23. The first-order valence-corrected chi connectivity index (χ1v) is 13.1. The fourth-order valence-corrected chi connectivity index (χ4v) is 5.33. The fraction of sp³-hybridized carbons (Fsp3) is 0.216. The molecule has 0 aliphatic heterocycles. The summed E-state index contributed by atoms with van der Waals surface area (Å²) in [6.07, 6.45) is 1.36. The van der Waals surface area contributed by atoms with Gasteiger partial charge in [-0.15, -0.1) is 0 Å². The molecule has 0 aliphatic carbocycles. The number of hydrogen-bond donors (Lipinski definition) is 0. The average molecular weight is 518 g/mol. The number of fused-ring (bicyclic) bond motifs is 3. The van der Waals surface area contributed by atoms with Crippen LogP contribution < -0.4 is 0 Å². The topological polar surface area (TPSA) is 26.0 Å². The molecule has 0 fully saturated rings. The molecule has 0 saturated heterocycles. The summed E-state index contributed by atoms with van der Waals surface area (Å²) >= 11 is 0. The van der Waals surface area contributed by atoms with Gasteiger partial charge in [0.05, 0.1) is 5.69 Å². The van der Waals surface area contributed by atoms with Gasteiger partial charge in [0.25, 0.3) is 0 Å². The zero-order chi connectivity index (χ0) is 34.1. The minimum absolute atomic E-state index is 0.0174. The Bertz CT molecular complexity index is 2090. The van der Waals surface area contributed by atoms with Gasteiger partial charge in [0.15, 0.2) is 0 Å². The Balaban J connectivity index is 1.67. The van der Waals surface area contributed by atoms with Gasteiger partial charge in [0.2, 0.25) is 0 Å². The third-order valence-corrected chi connectivity index (χ3v) is 7.27. The van der Waals surface area contributed by atoms with Crippen molar-refractivity contribution in [1.82, 2.24) is 4.98 Å². The molecule has 2 nitrogen and oxygen atoms in total. The molecular weight excluding hydrogens is 474 g/mol. The number of rotatable bonds is 5. The van der Waals surface area contributed by atoms with Gasteiger partial charge in [-0.2, -0.15) is 0 Å². The van der Waals surface area contributed by atoms with Gasteiger partial charge >= 0.3 is 0 Å². The number of nitrogens with zero attached hydrogens (tertiary/aromatic N) is 1. The number of para-hydroxylation sites is 1. The molecule has 2 heteroatoms. The molecule has 0 bridgehead atoms. The minimum atomic E-state index is -2.54. The number of aryl methyl sites for hydroxylation is 2. The quantitative estimate of drug-likeness (QED) is 0.227. The molecule has 6 rings (SSSR count). The maximum absolute atomic E-state index is 9.23. The van der Waals surface area contributed by atoms with Gasteiger partial charge in [-0.25, -0.2) is 0 Å². The van der Waals surface area contributed by atoms with Crippen molar-refractivity contribution in [3.63, 3.8) is 0 Å². The van der Waals surface area contributed by atoms with Crippen molar-refractivity contribution >= 4 is 21.9 Å². The molecular formula is C37H35NO. The van der Waals surface area contributed by atoms with Crippen molar-refractivity contribution in [2.24, 2.45) is 0 Å². The molecule has 194 valence electrons. The second kappa shape index (κ2) is 9.85. The number of furan rings is 1. The van der Waals surface area contributed by atoms with Gasteiger partial charge < -0.3 is 4.42 Å². The van der Waals surface area contributed by atoms with Crippen LogP contribution in [0.5, 0.6) is 0 Å². The summed E-state index contributed by atoms with van der Waals surface area (Å²) in [5.41, 5.74) is 6.01. The summed E-state index contributed by atoms with van der Waals surface area (Å²) in [5.74, 6) is -2.32. The maximum Gasteiger partial charge on any atom is 0.144 e. The molecule has 39 heavy (non-hydrogen) atoms. The standard InChI is InChI=1S/C37H35NO/c1-22(2)31-18-27(26-11-8-7-9-12-26)19-32(23(3)4)36(31)33-20-34(38-21-25(33)6)30-14-10-13-29-28-16-15-24(5)17-35(28)39-37(29)30/h7-23H,1-6H3/i5D3,6D3,22D,23D. The second-order valence-electron chi connectivity index (χ2n) is 10.4. The first kappa shape index (κ1) is 17.4. The molecule has 0 radical (unpaired) electrons. The molecule has 2 aromatic heterocycles. The Hall–Kier alpha value is -4.17. The predicted molar refractivity (Wildman–Crippen MR) is 165 cm³/mol. The van der Waals surface area contributed by atoms with Crippen molar-refractivity contribution < 1.29 is 15.4 Å². The summed E-state index contributed by atoms with van der Waals surface area (Å²) in [6, 6.07) is 25.8. The van der Waals surface area contributed by atoms with Crippen LogP contribution in [0.3, 0.4) is 0 Å². The average Bonchev–Trinajstić information content (AvgIpc) is 3.37. The van der Waals surface area contributed by atoms with E-state index in [1.165, 1.54) is 12.3 Å². The molecule has 6 aromatic rings. The molecule has 0 unspecified atom stereocenters. The van der Waals surface area contributed by atoms with Crippen LogP contribution in [0.2, 0.25) is 0 Å². The van der Waals surface area contributed by atoms with Crippen LogP contribution in [-0.2, 0) is 0 Å². The van der Waals surface area contributed by atoms with Crippen LogP contribution >= 0.6 is 0 Å². The Morgan fingerprint density at radius 2 is 1.49 bits per heavy atom. The van der Waals surface area contributed by atoms with Crippen molar-refractivity contribution in [3.8, 4) is 33.5 Å². The smallest absolute Gasteiger partial charge is 0.144 e. The van der Waals surface area contributed by atoms with Crippen LogP contribution in [0.25, 0.3) is 55.4 Å². The van der Waals surface area contributed by atoms with E-state index in [-0.39, 0.29) is 11.1 Å². The van der Waals surface area contributed by atoms with E-state index < -0.39 is 25.5 Å². The van der Waals surface area contributed by atoms with Crippen LogP contribution in [0, 0.1) is 13.7 Å². The molecule has 0 aliphatic rings. The van der Waals surface area contributed by atoms with E-state index >= 15 is 0 Å². The lowest BCUT2D eigenvalue weighted by Crippen LogP contribution is -2.03. The first-order valence-electron chi connectivity index (χ1n) is 17.1. The van der Waals surface area contributed by atoms with E-state index in [2.05, 4.69) is 4.98 Å². The molecule has 4 aromatic carbocycles. The van der Waals surface area contributed by atoms with Crippen LogP contribution in [0.4, 0.5) is 0 Å². The van der Waals surface area contributed by atoms with Gasteiger partial charge in [0, 0.05) is 33.5 Å². The number of hydrogen-bond acceptors (Lipinski definition) is 2. The zero-order valence-corrected chi connectivity index (χ0v) is 22.5. The lowest BCUT2D eigenvalue weighted by atomic mass is 9.81. The first-order chi connectivity index (χ1) is 21.8. The van der Waals surface area contributed by atoms with E-state index in [1.54, 1.807) is 45.9 Å². The van der Waals surface area contributed by atoms with E-state index in [1.807, 2.05) is 60.7 Å². The van der Waals surface area contributed by atoms with Crippen LogP contribution in [-0.4, -0.2) is 4.98 Å². The Morgan fingerprint density at radius 3 is 2.18 bits per heavy atom. The lowest BCUT2D eigenvalue weighted by Gasteiger charge is -2.23. The molecule has 0 amide bonds. The number of pyridine rings is 1. The molecule has 0 spiro atoms. The van der Waals surface area contributed by atoms with Crippen LogP contribution in [0.15, 0.2) is 95.5 Å². The fourth-order valence-electron chi connectivity index (χ4n) is 5.33. The summed E-state index contributed by atoms with van der Waals surface area (Å²) in [6.45, 7) is 2.23. The largest absolute Gasteiger partial charge is 0.455 e. The van der Waals surface area contributed by atoms with Crippen molar-refractivity contribution in [3.05, 3.63) is 113 Å². The molecule has 2 heterocycles. The van der Waals surface area contributed by atoms with Crippen molar-refractivity contribution in [2.75, 3.05) is 0 Å². The highest BCUT2D eigenvalue weighted by molar-refractivity contribution is 6.09. The van der Waals surface area contributed by atoms with E-state index in [4.69, 9.17) is 12.6 Å². The summed E-state index contributed by atoms with van der Waals surface area (Å²) in [4.78, 5) is 4.62. The SMILES string of the molecule is [2H]C([2H])([2H])c1ccc2c(c1)oc1c(-c3cc(-c4c(C([2H])(C)C)cc(-c5ccccc5)cc4C([2H])(C)C)c(C([2H])([2H])[2H])cn3)cccc12. The highest BCUT2D eigenvalue weighted by Crippen LogP contribution is 2.43. The second-order valence-corrected chi connectivity index (χ2v) is 10.4. The highest BCUT2D eigenvalue weighted by Gasteiger charge is 2.21. The minimum Gasteiger partial charge on any atom is -0.455 e. The predicted octanol–water partition coefficient (Wildman–Crippen LogP) is 10.8. The number of aromatic nitrogens is 1. The van der Waals surface area contributed by atoms with Gasteiger partial charge in [-0.05, 0) is 88.2 Å². The summed E-state index contributed by atoms with van der Waals surface area (Å²) < 4.78 is 73.6. The summed E-state index contributed by atoms with van der Waals surface area (Å²) in [7, 11) is 0.